The molecule has 0 amide bonds. The number of benzene rings is 8. The maximum absolute atomic E-state index is 15.8. The van der Waals surface area contributed by atoms with Crippen LogP contribution in [0.15, 0.2) is 222 Å². The van der Waals surface area contributed by atoms with Gasteiger partial charge in [-0.2, -0.15) is 0 Å². The molecule has 1 aromatic heterocycles. The van der Waals surface area contributed by atoms with E-state index >= 15 is 4.79 Å². The van der Waals surface area contributed by atoms with Gasteiger partial charge >= 0.3 is 17.7 Å². The number of hydrogen-bond donors (Lipinski definition) is 2. The van der Waals surface area contributed by atoms with Gasteiger partial charge in [0, 0.05) is 41.0 Å². The third-order valence-electron chi connectivity index (χ3n) is 14.1. The molecule has 11 rings (SSSR count). The van der Waals surface area contributed by atoms with Crippen LogP contribution in [0.1, 0.15) is 47.2 Å². The lowest BCUT2D eigenvalue weighted by molar-refractivity contribution is -0.282. The third kappa shape index (κ3) is 13.3. The van der Waals surface area contributed by atoms with Crippen molar-refractivity contribution in [1.82, 2.24) is 0 Å². The van der Waals surface area contributed by atoms with E-state index < -0.39 is 66.2 Å². The van der Waals surface area contributed by atoms with Gasteiger partial charge in [-0.05, 0) is 90.7 Å². The maximum Gasteiger partial charge on any atom is 0.331 e. The van der Waals surface area contributed by atoms with Crippen LogP contribution >= 0.6 is 0 Å². The van der Waals surface area contributed by atoms with Gasteiger partial charge in [0.15, 0.2) is 23.4 Å². The summed E-state index contributed by atoms with van der Waals surface area (Å²) in [6.07, 6.45) is -3.74. The molecule has 2 N–H and O–H groups in total. The predicted octanol–water partition coefficient (Wildman–Crippen LogP) is 11.8. The Morgan fingerprint density at radius 1 is 0.570 bits per heavy atom. The molecule has 0 bridgehead atoms. The lowest BCUT2D eigenvalue weighted by atomic mass is 9.97. The van der Waals surface area contributed by atoms with Crippen molar-refractivity contribution in [2.24, 2.45) is 0 Å². The Kier molecular flexibility index (Phi) is 17.9. The zero-order chi connectivity index (χ0) is 59.4. The average molecular weight is 1160 g/mol. The number of rotatable bonds is 22. The Hall–Kier alpha value is -10.1. The third-order valence-corrected chi connectivity index (χ3v) is 14.1. The molecule has 86 heavy (non-hydrogen) atoms. The highest BCUT2D eigenvalue weighted by Gasteiger charge is 2.50. The second-order valence-electron chi connectivity index (χ2n) is 20.0. The van der Waals surface area contributed by atoms with Crippen LogP contribution in [0.4, 0.5) is 0 Å². The molecule has 0 saturated carbocycles. The highest BCUT2D eigenvalue weighted by molar-refractivity contribution is 5.90. The topological polar surface area (TPSA) is 197 Å². The van der Waals surface area contributed by atoms with Crippen molar-refractivity contribution < 1.29 is 71.6 Å². The largest absolute Gasteiger partial charge is 0.494 e. The molecule has 0 radical (unpaired) electrons. The second-order valence-corrected chi connectivity index (χ2v) is 20.0. The van der Waals surface area contributed by atoms with E-state index in [0.29, 0.717) is 58.5 Å². The van der Waals surface area contributed by atoms with Crippen molar-refractivity contribution in [3.05, 3.63) is 256 Å². The number of fused-ring (bicyclic) bond motifs is 2. The van der Waals surface area contributed by atoms with Crippen LogP contribution in [-0.2, 0) is 42.8 Å². The van der Waals surface area contributed by atoms with Crippen LogP contribution in [0.25, 0.3) is 34.4 Å². The molecule has 1 fully saturated rings. The van der Waals surface area contributed by atoms with Gasteiger partial charge in [-0.25, -0.2) is 9.59 Å². The van der Waals surface area contributed by atoms with Crippen LogP contribution in [0.2, 0.25) is 0 Å². The minimum atomic E-state index is -1.96. The summed E-state index contributed by atoms with van der Waals surface area (Å²) < 4.78 is 69.0. The van der Waals surface area contributed by atoms with Gasteiger partial charge in [-0.1, -0.05) is 146 Å². The van der Waals surface area contributed by atoms with Crippen LogP contribution in [0.5, 0.6) is 40.2 Å². The standard InChI is InChI=1S/C70H60O16/c1-3-76-52-32-25-45(26-33-52)29-37-60(71)80-44-59-63(73)65(75)68(83-61(72)38-30-46-27-34-53(35-28-46)77-4-2)69(82-59)84-67-64(74)62-57(79-43-48-19-11-6-12-20-48)40-54(78-42-47-17-9-5-10-18-47)41-58(62)81-66(67)49-31-36-55-56(39-49)86-70(85-55,50-21-13-7-14-22-50)51-23-15-8-16-24-51/h5-41,59,63,65,68-69,73,75H,3-4,42-44H2,1-2H3/b37-29+,38-30+/t59-,63+,65+,68-,69+/m1/s1. The van der Waals surface area contributed by atoms with Crippen molar-refractivity contribution >= 4 is 35.1 Å². The molecule has 16 nitrogen and oxygen atoms in total. The minimum Gasteiger partial charge on any atom is -0.494 e. The molecular weight excluding hydrogens is 1100 g/mol. The summed E-state index contributed by atoms with van der Waals surface area (Å²) in [5.74, 6) is -1.60. The first-order valence-electron chi connectivity index (χ1n) is 28.0. The molecule has 2 aliphatic heterocycles. The van der Waals surface area contributed by atoms with Gasteiger partial charge in [-0.3, -0.25) is 4.79 Å². The summed E-state index contributed by atoms with van der Waals surface area (Å²) in [7, 11) is 0. The van der Waals surface area contributed by atoms with Crippen molar-refractivity contribution in [1.29, 1.82) is 0 Å². The van der Waals surface area contributed by atoms with Crippen molar-refractivity contribution in [3.63, 3.8) is 0 Å². The van der Waals surface area contributed by atoms with Crippen molar-refractivity contribution in [2.75, 3.05) is 19.8 Å². The molecule has 16 heteroatoms. The fourth-order valence-electron chi connectivity index (χ4n) is 9.85. The first kappa shape index (κ1) is 57.7. The monoisotopic (exact) mass is 1160 g/mol. The molecule has 0 unspecified atom stereocenters. The first-order chi connectivity index (χ1) is 42.0. The van der Waals surface area contributed by atoms with Gasteiger partial charge < -0.3 is 62.0 Å². The minimum absolute atomic E-state index is 0.0238. The molecule has 1 saturated heterocycles. The highest BCUT2D eigenvalue weighted by Crippen LogP contribution is 2.50. The molecule has 2 aliphatic rings. The van der Waals surface area contributed by atoms with Gasteiger partial charge in [0.2, 0.25) is 17.5 Å². The number of aliphatic hydroxyl groups excluding tert-OH is 2. The van der Waals surface area contributed by atoms with E-state index in [-0.39, 0.29) is 47.0 Å². The summed E-state index contributed by atoms with van der Waals surface area (Å²) in [5, 5.41) is 23.7. The van der Waals surface area contributed by atoms with Gasteiger partial charge in [0.05, 0.1) is 13.2 Å². The molecular formula is C70H60O16. The van der Waals surface area contributed by atoms with Crippen LogP contribution in [0, 0.1) is 0 Å². The number of hydrogen-bond acceptors (Lipinski definition) is 16. The fourth-order valence-corrected chi connectivity index (χ4v) is 9.85. The van der Waals surface area contributed by atoms with Gasteiger partial charge in [0.1, 0.15) is 72.1 Å². The van der Waals surface area contributed by atoms with Crippen molar-refractivity contribution in [3.8, 4) is 51.6 Å². The van der Waals surface area contributed by atoms with E-state index in [1.54, 1.807) is 78.9 Å². The van der Waals surface area contributed by atoms with Crippen molar-refractivity contribution in [2.45, 2.75) is 63.6 Å². The van der Waals surface area contributed by atoms with E-state index in [1.165, 1.54) is 18.2 Å². The number of esters is 2. The number of carbonyl (C=O) groups is 2. The molecule has 8 aromatic carbocycles. The lowest BCUT2D eigenvalue weighted by Gasteiger charge is -2.41. The summed E-state index contributed by atoms with van der Waals surface area (Å²) in [6, 6.07) is 59.9. The van der Waals surface area contributed by atoms with E-state index in [0.717, 1.165) is 17.2 Å². The summed E-state index contributed by atoms with van der Waals surface area (Å²) in [6.45, 7) is 4.25. The Bertz CT molecular complexity index is 3850. The quantitative estimate of drug-likeness (QED) is 0.0480. The molecule has 0 spiro atoms. The summed E-state index contributed by atoms with van der Waals surface area (Å²) in [5.41, 5.74) is 3.84. The van der Waals surface area contributed by atoms with Crippen LogP contribution in [-0.4, -0.2) is 72.7 Å². The summed E-state index contributed by atoms with van der Waals surface area (Å²) >= 11 is 0. The average Bonchev–Trinajstić information content (AvgIpc) is 1.99. The van der Waals surface area contributed by atoms with E-state index in [2.05, 4.69) is 0 Å². The number of carbonyl (C=O) groups excluding carboxylic acids is 2. The highest BCUT2D eigenvalue weighted by atomic mass is 16.7. The predicted molar refractivity (Wildman–Crippen MR) is 320 cm³/mol. The molecule has 3 heterocycles. The number of ether oxygens (including phenoxy) is 10. The zero-order valence-corrected chi connectivity index (χ0v) is 46.9. The van der Waals surface area contributed by atoms with Crippen LogP contribution in [0.3, 0.4) is 0 Å². The van der Waals surface area contributed by atoms with E-state index in [1.807, 2.05) is 135 Å². The zero-order valence-electron chi connectivity index (χ0n) is 46.9. The SMILES string of the molecule is CCOc1ccc(/C=C/C(=O)OC[C@H]2O[C@@H](Oc3c(-c4ccc5c(c4)OC(c4ccccc4)(c4ccccc4)O5)oc4cc(OCc5ccccc5)cc(OCc5ccccc5)c4c3=O)[C@H](OC(=O)/C=C/c3ccc(OCC)cc3)[C@@H](O)[C@H]2O)cc1. The Balaban J connectivity index is 1.00. The first-order valence-corrected chi connectivity index (χ1v) is 28.0. The molecule has 5 atom stereocenters. The molecule has 9 aromatic rings. The molecule has 436 valence electrons. The Morgan fingerprint density at radius 3 is 1.70 bits per heavy atom. The fraction of sp³-hybridized carbons (Fsp3) is 0.186. The normalized spacial score (nSPS) is 17.7. The van der Waals surface area contributed by atoms with Gasteiger partial charge in [0.25, 0.3) is 0 Å². The Morgan fingerprint density at radius 2 is 1.12 bits per heavy atom. The Labute approximate surface area is 495 Å². The second kappa shape index (κ2) is 26.6. The summed E-state index contributed by atoms with van der Waals surface area (Å²) in [4.78, 5) is 43.0. The number of aliphatic hydroxyl groups is 2. The van der Waals surface area contributed by atoms with E-state index in [4.69, 9.17) is 51.8 Å². The van der Waals surface area contributed by atoms with Crippen LogP contribution < -0.4 is 38.6 Å². The smallest absolute Gasteiger partial charge is 0.331 e. The van der Waals surface area contributed by atoms with E-state index in [9.17, 15) is 19.8 Å². The molecule has 0 aliphatic carbocycles. The maximum atomic E-state index is 15.8. The lowest BCUT2D eigenvalue weighted by Crippen LogP contribution is -2.61. The van der Waals surface area contributed by atoms with Gasteiger partial charge in [-0.15, -0.1) is 0 Å².